The van der Waals surface area contributed by atoms with Crippen molar-refractivity contribution in [1.82, 2.24) is 5.32 Å². The molecule has 1 heterocycles. The largest absolute Gasteiger partial charge is 0.497 e. The standard InChI is InChI=1S/C19H22BNO5/c1-25-15-8-6-13(7-9-15)10-19(22)21-18(20(23)24)11-14-12-26-17-5-3-2-4-16(14)17/h2-9,14,18,23-24H,10-12H2,1H3,(H,21,22)/t14-,18?/m0/s1. The summed E-state index contributed by atoms with van der Waals surface area (Å²) in [5, 5.41) is 22.1. The first-order valence-electron chi connectivity index (χ1n) is 8.57. The lowest BCUT2D eigenvalue weighted by Crippen LogP contribution is -2.47. The predicted molar refractivity (Wildman–Crippen MR) is 98.1 cm³/mol. The molecule has 2 aromatic carbocycles. The van der Waals surface area contributed by atoms with E-state index in [0.717, 1.165) is 22.6 Å². The number of rotatable bonds is 7. The van der Waals surface area contributed by atoms with Gasteiger partial charge in [-0.25, -0.2) is 0 Å². The summed E-state index contributed by atoms with van der Waals surface area (Å²) in [6, 6.07) is 14.9. The van der Waals surface area contributed by atoms with Gasteiger partial charge in [-0.05, 0) is 30.2 Å². The van der Waals surface area contributed by atoms with Gasteiger partial charge in [0.05, 0.1) is 26.1 Å². The van der Waals surface area contributed by atoms with Crippen LogP contribution in [0.25, 0.3) is 0 Å². The summed E-state index contributed by atoms with van der Waals surface area (Å²) in [6.07, 6.45) is 0.550. The molecule has 7 heteroatoms. The topological polar surface area (TPSA) is 88.0 Å². The highest BCUT2D eigenvalue weighted by Gasteiger charge is 2.32. The number of para-hydroxylation sites is 1. The zero-order valence-electron chi connectivity index (χ0n) is 14.6. The van der Waals surface area contributed by atoms with Crippen molar-refractivity contribution < 1.29 is 24.3 Å². The third-order valence-electron chi connectivity index (χ3n) is 4.57. The van der Waals surface area contributed by atoms with Crippen LogP contribution in [0.4, 0.5) is 0 Å². The molecule has 2 aromatic rings. The number of nitrogens with one attached hydrogen (secondary N) is 1. The highest BCUT2D eigenvalue weighted by Crippen LogP contribution is 2.36. The molecule has 1 aliphatic heterocycles. The van der Waals surface area contributed by atoms with Gasteiger partial charge in [0.15, 0.2) is 0 Å². The Morgan fingerprint density at radius 2 is 2.00 bits per heavy atom. The molecular weight excluding hydrogens is 333 g/mol. The third-order valence-corrected chi connectivity index (χ3v) is 4.57. The zero-order valence-corrected chi connectivity index (χ0v) is 14.6. The Balaban J connectivity index is 1.60. The second-order valence-electron chi connectivity index (χ2n) is 6.39. The number of hydrogen-bond acceptors (Lipinski definition) is 5. The fourth-order valence-corrected chi connectivity index (χ4v) is 3.17. The van der Waals surface area contributed by atoms with E-state index in [0.29, 0.717) is 13.0 Å². The predicted octanol–water partition coefficient (Wildman–Crippen LogP) is 1.30. The van der Waals surface area contributed by atoms with E-state index in [-0.39, 0.29) is 18.2 Å². The summed E-state index contributed by atoms with van der Waals surface area (Å²) >= 11 is 0. The maximum Gasteiger partial charge on any atom is 0.475 e. The summed E-state index contributed by atoms with van der Waals surface area (Å²) < 4.78 is 10.7. The number of methoxy groups -OCH3 is 1. The molecule has 6 nitrogen and oxygen atoms in total. The summed E-state index contributed by atoms with van der Waals surface area (Å²) in [7, 11) is -0.0533. The van der Waals surface area contributed by atoms with Gasteiger partial charge in [0.2, 0.25) is 5.91 Å². The van der Waals surface area contributed by atoms with Gasteiger partial charge in [0, 0.05) is 11.5 Å². The van der Waals surface area contributed by atoms with Gasteiger partial charge in [0.1, 0.15) is 11.5 Å². The van der Waals surface area contributed by atoms with Crippen LogP contribution in [0.3, 0.4) is 0 Å². The van der Waals surface area contributed by atoms with Gasteiger partial charge < -0.3 is 24.8 Å². The van der Waals surface area contributed by atoms with E-state index in [1.54, 1.807) is 19.2 Å². The quantitative estimate of drug-likeness (QED) is 0.652. The molecule has 1 unspecified atom stereocenters. The van der Waals surface area contributed by atoms with Crippen LogP contribution in [0.15, 0.2) is 48.5 Å². The molecule has 0 aliphatic carbocycles. The lowest BCUT2D eigenvalue weighted by atomic mass is 9.73. The van der Waals surface area contributed by atoms with Crippen molar-refractivity contribution in [1.29, 1.82) is 0 Å². The SMILES string of the molecule is COc1ccc(CC(=O)NC(C[C@H]2COc3ccccc32)B(O)O)cc1. The maximum absolute atomic E-state index is 12.3. The zero-order chi connectivity index (χ0) is 18.5. The highest BCUT2D eigenvalue weighted by atomic mass is 16.5. The first-order valence-corrected chi connectivity index (χ1v) is 8.57. The lowest BCUT2D eigenvalue weighted by molar-refractivity contribution is -0.120. The van der Waals surface area contributed by atoms with Crippen LogP contribution in [0.5, 0.6) is 11.5 Å². The molecule has 0 saturated carbocycles. The first-order chi connectivity index (χ1) is 12.6. The second kappa shape index (κ2) is 8.25. The van der Waals surface area contributed by atoms with Gasteiger partial charge in [-0.1, -0.05) is 30.3 Å². The summed E-state index contributed by atoms with van der Waals surface area (Å²) in [4.78, 5) is 12.3. The molecule has 0 radical (unpaired) electrons. The van der Waals surface area contributed by atoms with Crippen molar-refractivity contribution in [3.63, 3.8) is 0 Å². The molecular formula is C19H22BNO5. The monoisotopic (exact) mass is 355 g/mol. The minimum atomic E-state index is -1.64. The number of benzene rings is 2. The van der Waals surface area contributed by atoms with Crippen LogP contribution in [0.2, 0.25) is 0 Å². The van der Waals surface area contributed by atoms with Gasteiger partial charge in [-0.3, -0.25) is 4.79 Å². The van der Waals surface area contributed by atoms with Gasteiger partial charge in [-0.2, -0.15) is 0 Å². The molecule has 1 aliphatic rings. The average Bonchev–Trinajstić information content (AvgIpc) is 3.05. The molecule has 26 heavy (non-hydrogen) atoms. The smallest absolute Gasteiger partial charge is 0.475 e. The highest BCUT2D eigenvalue weighted by molar-refractivity contribution is 6.43. The van der Waals surface area contributed by atoms with E-state index in [1.807, 2.05) is 36.4 Å². The Labute approximate surface area is 152 Å². The fourth-order valence-electron chi connectivity index (χ4n) is 3.17. The summed E-state index contributed by atoms with van der Waals surface area (Å²) in [5.41, 5.74) is 1.85. The van der Waals surface area contributed by atoms with E-state index >= 15 is 0 Å². The van der Waals surface area contributed by atoms with E-state index in [2.05, 4.69) is 5.32 Å². The van der Waals surface area contributed by atoms with E-state index in [4.69, 9.17) is 9.47 Å². The third kappa shape index (κ3) is 4.36. The molecule has 0 aromatic heterocycles. The van der Waals surface area contributed by atoms with Crippen molar-refractivity contribution >= 4 is 13.0 Å². The second-order valence-corrected chi connectivity index (χ2v) is 6.39. The maximum atomic E-state index is 12.3. The van der Waals surface area contributed by atoms with E-state index in [9.17, 15) is 14.8 Å². The van der Waals surface area contributed by atoms with Crippen LogP contribution in [-0.4, -0.2) is 42.7 Å². The fraction of sp³-hybridized carbons (Fsp3) is 0.316. The number of hydrogen-bond donors (Lipinski definition) is 3. The van der Waals surface area contributed by atoms with Crippen LogP contribution < -0.4 is 14.8 Å². The van der Waals surface area contributed by atoms with Crippen molar-refractivity contribution in [2.24, 2.45) is 0 Å². The van der Waals surface area contributed by atoms with Crippen LogP contribution >= 0.6 is 0 Å². The Bertz CT molecular complexity index is 750. The summed E-state index contributed by atoms with van der Waals surface area (Å²) in [5.74, 6) is 0.520. The molecule has 0 spiro atoms. The van der Waals surface area contributed by atoms with Crippen LogP contribution in [-0.2, 0) is 11.2 Å². The van der Waals surface area contributed by atoms with E-state index in [1.165, 1.54) is 0 Å². The van der Waals surface area contributed by atoms with Gasteiger partial charge in [-0.15, -0.1) is 0 Å². The molecule has 3 rings (SSSR count). The van der Waals surface area contributed by atoms with E-state index < -0.39 is 13.1 Å². The number of carbonyl (C=O) groups is 1. The number of ether oxygens (including phenoxy) is 2. The minimum absolute atomic E-state index is 0.0132. The molecule has 2 atom stereocenters. The van der Waals surface area contributed by atoms with Gasteiger partial charge in [0.25, 0.3) is 0 Å². The Morgan fingerprint density at radius 1 is 1.27 bits per heavy atom. The number of fused-ring (bicyclic) bond motifs is 1. The molecule has 0 bridgehead atoms. The summed E-state index contributed by atoms with van der Waals surface area (Å²) in [6.45, 7) is 0.469. The van der Waals surface area contributed by atoms with Crippen molar-refractivity contribution in [3.05, 3.63) is 59.7 Å². The van der Waals surface area contributed by atoms with Crippen LogP contribution in [0, 0.1) is 0 Å². The molecule has 0 fully saturated rings. The first kappa shape index (κ1) is 18.3. The minimum Gasteiger partial charge on any atom is -0.497 e. The molecule has 1 amide bonds. The average molecular weight is 355 g/mol. The lowest BCUT2D eigenvalue weighted by Gasteiger charge is -2.21. The van der Waals surface area contributed by atoms with Gasteiger partial charge >= 0.3 is 7.12 Å². The number of carbonyl (C=O) groups excluding carboxylic acids is 1. The molecule has 3 N–H and O–H groups in total. The Morgan fingerprint density at radius 3 is 2.69 bits per heavy atom. The Kier molecular flexibility index (Phi) is 5.80. The molecule has 0 saturated heterocycles. The van der Waals surface area contributed by atoms with Crippen LogP contribution in [0.1, 0.15) is 23.5 Å². The Hall–Kier alpha value is -2.51. The number of amides is 1. The molecule has 136 valence electrons. The van der Waals surface area contributed by atoms with Crippen molar-refractivity contribution in [2.45, 2.75) is 24.7 Å². The van der Waals surface area contributed by atoms with Crippen molar-refractivity contribution in [3.8, 4) is 11.5 Å². The van der Waals surface area contributed by atoms with Crippen molar-refractivity contribution in [2.75, 3.05) is 13.7 Å². The normalized spacial score (nSPS) is 16.3.